The Bertz CT molecular complexity index is 929. The van der Waals surface area contributed by atoms with E-state index >= 15 is 0 Å². The van der Waals surface area contributed by atoms with Gasteiger partial charge in [0.15, 0.2) is 0 Å². The molecule has 3 aromatic rings. The average molecular weight is 378 g/mol. The molecule has 5 heteroatoms. The van der Waals surface area contributed by atoms with E-state index < -0.39 is 6.04 Å². The molecule has 2 atom stereocenters. The van der Waals surface area contributed by atoms with E-state index in [1.165, 1.54) is 0 Å². The van der Waals surface area contributed by atoms with Crippen molar-refractivity contribution >= 4 is 22.6 Å². The number of carbonyl (C=O) groups excluding carboxylic acids is 2. The highest BCUT2D eigenvalue weighted by Gasteiger charge is 2.18. The third-order valence-electron chi connectivity index (χ3n) is 4.79. The molecule has 146 valence electrons. The van der Waals surface area contributed by atoms with Crippen molar-refractivity contribution in [2.45, 2.75) is 45.2 Å². The summed E-state index contributed by atoms with van der Waals surface area (Å²) >= 11 is 0. The van der Waals surface area contributed by atoms with Crippen LogP contribution in [-0.4, -0.2) is 23.9 Å². The fourth-order valence-electron chi connectivity index (χ4n) is 3.23. The summed E-state index contributed by atoms with van der Waals surface area (Å²) in [7, 11) is 0. The number of fused-ring (bicyclic) bond motifs is 1. The normalized spacial score (nSPS) is 13.1. The van der Waals surface area contributed by atoms with Crippen LogP contribution < -0.4 is 10.6 Å². The van der Waals surface area contributed by atoms with E-state index in [2.05, 4.69) is 10.6 Å². The Hall–Kier alpha value is -3.08. The summed E-state index contributed by atoms with van der Waals surface area (Å²) in [6.07, 6.45) is 3.42. The predicted molar refractivity (Wildman–Crippen MR) is 110 cm³/mol. The van der Waals surface area contributed by atoms with Crippen LogP contribution in [-0.2, 0) is 22.4 Å². The molecule has 2 amide bonds. The Morgan fingerprint density at radius 2 is 1.75 bits per heavy atom. The molecule has 2 unspecified atom stereocenters. The first kappa shape index (κ1) is 19.7. The van der Waals surface area contributed by atoms with Crippen LogP contribution in [0, 0.1) is 0 Å². The lowest BCUT2D eigenvalue weighted by atomic mass is 10.0. The second-order valence-electron chi connectivity index (χ2n) is 7.13. The van der Waals surface area contributed by atoms with Crippen molar-refractivity contribution in [3.63, 3.8) is 0 Å². The number of amides is 2. The Morgan fingerprint density at radius 3 is 2.54 bits per heavy atom. The minimum atomic E-state index is -0.589. The van der Waals surface area contributed by atoms with E-state index in [0.29, 0.717) is 0 Å². The van der Waals surface area contributed by atoms with Gasteiger partial charge >= 0.3 is 0 Å². The molecule has 0 spiro atoms. The molecule has 28 heavy (non-hydrogen) atoms. The molecule has 0 saturated heterocycles. The Labute approximate surface area is 165 Å². The van der Waals surface area contributed by atoms with Crippen molar-refractivity contribution in [3.8, 4) is 0 Å². The van der Waals surface area contributed by atoms with Crippen molar-refractivity contribution in [1.29, 1.82) is 0 Å². The summed E-state index contributed by atoms with van der Waals surface area (Å²) in [6.45, 7) is 3.65. The number of hydrogen-bond acceptors (Lipinski definition) is 3. The maximum Gasteiger partial charge on any atom is 0.242 e. The highest BCUT2D eigenvalue weighted by Crippen LogP contribution is 2.18. The Balaban J connectivity index is 1.49. The molecule has 0 radical (unpaired) electrons. The van der Waals surface area contributed by atoms with Gasteiger partial charge in [0, 0.05) is 12.5 Å². The topological polar surface area (TPSA) is 71.3 Å². The third kappa shape index (κ3) is 5.22. The number of rotatable bonds is 8. The van der Waals surface area contributed by atoms with Gasteiger partial charge in [-0.25, -0.2) is 0 Å². The number of furan rings is 1. The summed E-state index contributed by atoms with van der Waals surface area (Å²) in [4.78, 5) is 24.8. The van der Waals surface area contributed by atoms with Crippen LogP contribution >= 0.6 is 0 Å². The Morgan fingerprint density at radius 1 is 0.964 bits per heavy atom. The molecule has 1 heterocycles. The largest absolute Gasteiger partial charge is 0.469 e. The molecule has 3 rings (SSSR count). The molecule has 1 aromatic heterocycles. The molecule has 0 saturated carbocycles. The van der Waals surface area contributed by atoms with Gasteiger partial charge in [-0.3, -0.25) is 9.59 Å². The minimum Gasteiger partial charge on any atom is -0.469 e. The fourth-order valence-corrected chi connectivity index (χ4v) is 3.23. The average Bonchev–Trinajstić information content (AvgIpc) is 3.20. The lowest BCUT2D eigenvalue weighted by molar-refractivity contribution is -0.128. The number of carbonyl (C=O) groups is 2. The number of benzene rings is 2. The van der Waals surface area contributed by atoms with Crippen molar-refractivity contribution < 1.29 is 14.0 Å². The highest BCUT2D eigenvalue weighted by molar-refractivity contribution is 5.92. The van der Waals surface area contributed by atoms with Gasteiger partial charge in [-0.1, -0.05) is 42.5 Å². The molecule has 2 aromatic carbocycles. The van der Waals surface area contributed by atoms with E-state index in [0.717, 1.165) is 34.9 Å². The van der Waals surface area contributed by atoms with Gasteiger partial charge in [0.25, 0.3) is 0 Å². The zero-order valence-electron chi connectivity index (χ0n) is 16.3. The molecule has 0 fully saturated rings. The van der Waals surface area contributed by atoms with Crippen molar-refractivity contribution in [1.82, 2.24) is 10.6 Å². The number of hydrogen-bond donors (Lipinski definition) is 2. The van der Waals surface area contributed by atoms with Crippen LogP contribution in [0.5, 0.6) is 0 Å². The van der Waals surface area contributed by atoms with Crippen LogP contribution in [0.1, 0.15) is 31.6 Å². The van der Waals surface area contributed by atoms with E-state index in [4.69, 9.17) is 4.42 Å². The highest BCUT2D eigenvalue weighted by atomic mass is 16.3. The molecular formula is C23H26N2O3. The van der Waals surface area contributed by atoms with Crippen LogP contribution in [0.25, 0.3) is 10.8 Å². The molecule has 0 bridgehead atoms. The summed E-state index contributed by atoms with van der Waals surface area (Å²) in [5.74, 6) is 0.554. The van der Waals surface area contributed by atoms with E-state index in [-0.39, 0.29) is 24.3 Å². The second-order valence-corrected chi connectivity index (χ2v) is 7.13. The smallest absolute Gasteiger partial charge is 0.242 e. The molecular weight excluding hydrogens is 352 g/mol. The minimum absolute atomic E-state index is 0.00461. The molecule has 0 aliphatic heterocycles. The lowest BCUT2D eigenvalue weighted by Crippen LogP contribution is -2.47. The standard InChI is InChI=1S/C23H26N2O3/c1-16(12-13-20-10-6-14-28-20)24-23(27)17(2)25-22(26)15-19-9-5-8-18-7-3-4-11-21(18)19/h3-11,14,16-17H,12-13,15H2,1-2H3,(H,24,27)(H,25,26). The van der Waals surface area contributed by atoms with Gasteiger partial charge in [0.2, 0.25) is 11.8 Å². The van der Waals surface area contributed by atoms with Crippen LogP contribution in [0.4, 0.5) is 0 Å². The first-order valence-corrected chi connectivity index (χ1v) is 9.61. The molecule has 0 aliphatic carbocycles. The lowest BCUT2D eigenvalue weighted by Gasteiger charge is -2.18. The SMILES string of the molecule is CC(CCc1ccco1)NC(=O)C(C)NC(=O)Cc1cccc2ccccc12. The number of aryl methyl sites for hydroxylation is 1. The van der Waals surface area contributed by atoms with Gasteiger partial charge in [-0.2, -0.15) is 0 Å². The van der Waals surface area contributed by atoms with Crippen molar-refractivity contribution in [2.24, 2.45) is 0 Å². The van der Waals surface area contributed by atoms with Gasteiger partial charge in [-0.15, -0.1) is 0 Å². The zero-order chi connectivity index (χ0) is 19.9. The first-order chi connectivity index (χ1) is 13.5. The molecule has 2 N–H and O–H groups in total. The zero-order valence-corrected chi connectivity index (χ0v) is 16.3. The Kier molecular flexibility index (Phi) is 6.48. The summed E-state index contributed by atoms with van der Waals surface area (Å²) in [6, 6.07) is 17.1. The summed E-state index contributed by atoms with van der Waals surface area (Å²) < 4.78 is 5.31. The van der Waals surface area contributed by atoms with Gasteiger partial charge < -0.3 is 15.1 Å². The fraction of sp³-hybridized carbons (Fsp3) is 0.304. The van der Waals surface area contributed by atoms with Gasteiger partial charge in [0.1, 0.15) is 11.8 Å². The quantitative estimate of drug-likeness (QED) is 0.629. The van der Waals surface area contributed by atoms with E-state index in [1.807, 2.05) is 61.5 Å². The maximum atomic E-state index is 12.4. The second kappa shape index (κ2) is 9.22. The predicted octanol–water partition coefficient (Wildman–Crippen LogP) is 3.62. The van der Waals surface area contributed by atoms with Crippen LogP contribution in [0.3, 0.4) is 0 Å². The monoisotopic (exact) mass is 378 g/mol. The molecule has 5 nitrogen and oxygen atoms in total. The van der Waals surface area contributed by atoms with Gasteiger partial charge in [-0.05, 0) is 48.7 Å². The van der Waals surface area contributed by atoms with Crippen LogP contribution in [0.15, 0.2) is 65.3 Å². The van der Waals surface area contributed by atoms with Crippen molar-refractivity contribution in [3.05, 3.63) is 72.2 Å². The van der Waals surface area contributed by atoms with E-state index in [1.54, 1.807) is 13.2 Å². The van der Waals surface area contributed by atoms with Gasteiger partial charge in [0.05, 0.1) is 12.7 Å². The summed E-state index contributed by atoms with van der Waals surface area (Å²) in [5.41, 5.74) is 0.954. The maximum absolute atomic E-state index is 12.4. The molecule has 0 aliphatic rings. The van der Waals surface area contributed by atoms with Crippen molar-refractivity contribution in [2.75, 3.05) is 0 Å². The number of nitrogens with one attached hydrogen (secondary N) is 2. The van der Waals surface area contributed by atoms with E-state index in [9.17, 15) is 9.59 Å². The summed E-state index contributed by atoms with van der Waals surface area (Å²) in [5, 5.41) is 7.90. The first-order valence-electron chi connectivity index (χ1n) is 9.61. The third-order valence-corrected chi connectivity index (χ3v) is 4.79. The van der Waals surface area contributed by atoms with Crippen LogP contribution in [0.2, 0.25) is 0 Å².